The highest BCUT2D eigenvalue weighted by atomic mass is 35.5. The molecule has 2 aromatic carbocycles. The van der Waals surface area contributed by atoms with Gasteiger partial charge in [0.05, 0.1) is 9.82 Å². The number of nitro groups is 1. The molecule has 1 atom stereocenters. The van der Waals surface area contributed by atoms with E-state index >= 15 is 0 Å². The molecule has 24 heavy (non-hydrogen) atoms. The van der Waals surface area contributed by atoms with Gasteiger partial charge in [-0.3, -0.25) is 10.1 Å². The number of nitrogens with zero attached hydrogens (tertiary/aromatic N) is 1. The number of sulfonamides is 1. The Hall–Kier alpha value is -1.96. The van der Waals surface area contributed by atoms with E-state index < -0.39 is 20.6 Å². The third-order valence-corrected chi connectivity index (χ3v) is 5.88. The molecule has 126 valence electrons. The van der Waals surface area contributed by atoms with Gasteiger partial charge in [-0.25, -0.2) is 13.1 Å². The zero-order chi connectivity index (χ0) is 17.3. The van der Waals surface area contributed by atoms with Gasteiger partial charge in [0.2, 0.25) is 10.0 Å². The molecule has 6 nitrogen and oxygen atoms in total. The minimum atomic E-state index is -3.89. The smallest absolute Gasteiger partial charge is 0.258 e. The quantitative estimate of drug-likeness (QED) is 0.661. The summed E-state index contributed by atoms with van der Waals surface area (Å²) < 4.78 is 27.9. The Bertz CT molecular complexity index is 899. The summed E-state index contributed by atoms with van der Waals surface area (Å²) in [6, 6.07) is 10.8. The van der Waals surface area contributed by atoms with E-state index in [-0.39, 0.29) is 16.0 Å². The SMILES string of the molecule is O=[N+]([O-])c1cc(S(=O)(=O)N[C@H]2CCCc3ccccc32)ccc1Cl. The molecule has 0 saturated heterocycles. The van der Waals surface area contributed by atoms with Gasteiger partial charge in [-0.1, -0.05) is 35.9 Å². The minimum Gasteiger partial charge on any atom is -0.258 e. The molecule has 3 rings (SSSR count). The Morgan fingerprint density at radius 3 is 2.71 bits per heavy atom. The summed E-state index contributed by atoms with van der Waals surface area (Å²) in [5.41, 5.74) is 1.65. The topological polar surface area (TPSA) is 89.3 Å². The van der Waals surface area contributed by atoms with Crippen LogP contribution in [-0.4, -0.2) is 13.3 Å². The fraction of sp³-hybridized carbons (Fsp3) is 0.250. The first kappa shape index (κ1) is 16.9. The summed E-state index contributed by atoms with van der Waals surface area (Å²) in [5, 5.41) is 10.9. The average molecular weight is 367 g/mol. The van der Waals surface area contributed by atoms with Crippen LogP contribution in [0, 0.1) is 10.1 Å². The van der Waals surface area contributed by atoms with Crippen LogP contribution in [0.5, 0.6) is 0 Å². The number of fused-ring (bicyclic) bond motifs is 1. The van der Waals surface area contributed by atoms with Gasteiger partial charge < -0.3 is 0 Å². The Morgan fingerprint density at radius 2 is 1.96 bits per heavy atom. The molecular formula is C16H15ClN2O4S. The summed E-state index contributed by atoms with van der Waals surface area (Å²) in [7, 11) is -3.89. The fourth-order valence-corrected chi connectivity index (χ4v) is 4.39. The Kier molecular flexibility index (Phi) is 4.58. The van der Waals surface area contributed by atoms with Crippen LogP contribution >= 0.6 is 11.6 Å². The van der Waals surface area contributed by atoms with E-state index in [2.05, 4.69) is 4.72 Å². The van der Waals surface area contributed by atoms with Crippen LogP contribution in [-0.2, 0) is 16.4 Å². The van der Waals surface area contributed by atoms with Gasteiger partial charge in [0.1, 0.15) is 5.02 Å². The van der Waals surface area contributed by atoms with Gasteiger partial charge >= 0.3 is 0 Å². The zero-order valence-corrected chi connectivity index (χ0v) is 14.2. The lowest BCUT2D eigenvalue weighted by atomic mass is 9.88. The van der Waals surface area contributed by atoms with Crippen molar-refractivity contribution < 1.29 is 13.3 Å². The molecule has 0 spiro atoms. The molecule has 0 bridgehead atoms. The number of hydrogen-bond acceptors (Lipinski definition) is 4. The van der Waals surface area contributed by atoms with Crippen molar-refractivity contribution in [1.82, 2.24) is 4.72 Å². The second-order valence-corrected chi connectivity index (χ2v) is 7.76. The van der Waals surface area contributed by atoms with Crippen LogP contribution in [0.3, 0.4) is 0 Å². The zero-order valence-electron chi connectivity index (χ0n) is 12.6. The molecule has 0 aromatic heterocycles. The largest absolute Gasteiger partial charge is 0.289 e. The fourth-order valence-electron chi connectivity index (χ4n) is 2.93. The number of benzene rings is 2. The molecule has 0 radical (unpaired) electrons. The summed E-state index contributed by atoms with van der Waals surface area (Å²) in [6.45, 7) is 0. The van der Waals surface area contributed by atoms with Crippen LogP contribution in [0.4, 0.5) is 5.69 Å². The van der Waals surface area contributed by atoms with Crippen molar-refractivity contribution in [2.24, 2.45) is 0 Å². The number of nitro benzene ring substituents is 1. The maximum absolute atomic E-state index is 12.6. The monoisotopic (exact) mass is 366 g/mol. The van der Waals surface area contributed by atoms with Gasteiger partial charge in [0.25, 0.3) is 5.69 Å². The molecule has 0 fully saturated rings. The maximum atomic E-state index is 12.6. The molecule has 0 aliphatic heterocycles. The highest BCUT2D eigenvalue weighted by molar-refractivity contribution is 7.89. The highest BCUT2D eigenvalue weighted by Crippen LogP contribution is 2.32. The first-order valence-electron chi connectivity index (χ1n) is 7.42. The van der Waals surface area contributed by atoms with Gasteiger partial charge in [-0.15, -0.1) is 0 Å². The van der Waals surface area contributed by atoms with Crippen molar-refractivity contribution in [3.63, 3.8) is 0 Å². The molecule has 0 saturated carbocycles. The lowest BCUT2D eigenvalue weighted by Gasteiger charge is -2.26. The number of nitrogens with one attached hydrogen (secondary N) is 1. The first-order valence-corrected chi connectivity index (χ1v) is 9.28. The van der Waals surface area contributed by atoms with E-state index in [1.165, 1.54) is 12.1 Å². The van der Waals surface area contributed by atoms with Crippen molar-refractivity contribution >= 4 is 27.3 Å². The number of hydrogen-bond donors (Lipinski definition) is 1. The van der Waals surface area contributed by atoms with Crippen LogP contribution in [0.2, 0.25) is 5.02 Å². The lowest BCUT2D eigenvalue weighted by molar-refractivity contribution is -0.384. The predicted octanol–water partition coefficient (Wildman–Crippen LogP) is 3.60. The minimum absolute atomic E-state index is 0.0954. The standard InChI is InChI=1S/C16H15ClN2O4S/c17-14-9-8-12(10-16(14)19(20)21)24(22,23)18-15-7-3-5-11-4-1-2-6-13(11)15/h1-2,4,6,8-10,15,18H,3,5,7H2/t15-/m0/s1. The van der Waals surface area contributed by atoms with Crippen molar-refractivity contribution in [1.29, 1.82) is 0 Å². The van der Waals surface area contributed by atoms with Crippen molar-refractivity contribution in [2.75, 3.05) is 0 Å². The summed E-state index contributed by atoms with van der Waals surface area (Å²) >= 11 is 5.74. The molecule has 1 aliphatic carbocycles. The molecule has 0 amide bonds. The molecule has 0 heterocycles. The summed E-state index contributed by atoms with van der Waals surface area (Å²) in [6.07, 6.45) is 2.48. The van der Waals surface area contributed by atoms with E-state index in [4.69, 9.17) is 11.6 Å². The van der Waals surface area contributed by atoms with Gasteiger partial charge in [-0.2, -0.15) is 0 Å². The predicted molar refractivity (Wildman–Crippen MR) is 90.5 cm³/mol. The van der Waals surface area contributed by atoms with E-state index in [0.29, 0.717) is 6.42 Å². The molecule has 8 heteroatoms. The van der Waals surface area contributed by atoms with Gasteiger partial charge in [0, 0.05) is 12.1 Å². The Morgan fingerprint density at radius 1 is 1.21 bits per heavy atom. The molecule has 2 aromatic rings. The van der Waals surface area contributed by atoms with Crippen LogP contribution < -0.4 is 4.72 Å². The third kappa shape index (κ3) is 3.28. The average Bonchev–Trinajstić information content (AvgIpc) is 2.55. The summed E-state index contributed by atoms with van der Waals surface area (Å²) in [4.78, 5) is 10.1. The highest BCUT2D eigenvalue weighted by Gasteiger charge is 2.27. The van der Waals surface area contributed by atoms with Crippen molar-refractivity contribution in [3.8, 4) is 0 Å². The lowest BCUT2D eigenvalue weighted by Crippen LogP contribution is -2.31. The first-order chi connectivity index (χ1) is 11.4. The number of aryl methyl sites for hydroxylation is 1. The third-order valence-electron chi connectivity index (χ3n) is 4.09. The van der Waals surface area contributed by atoms with Gasteiger partial charge in [-0.05, 0) is 42.5 Å². The van der Waals surface area contributed by atoms with Gasteiger partial charge in [0.15, 0.2) is 0 Å². The second-order valence-electron chi connectivity index (χ2n) is 5.64. The van der Waals surface area contributed by atoms with E-state index in [1.807, 2.05) is 24.3 Å². The van der Waals surface area contributed by atoms with Crippen LogP contribution in [0.1, 0.15) is 30.0 Å². The molecule has 1 aliphatic rings. The summed E-state index contributed by atoms with van der Waals surface area (Å²) in [5.74, 6) is 0. The van der Waals surface area contributed by atoms with Crippen LogP contribution in [0.25, 0.3) is 0 Å². The van der Waals surface area contributed by atoms with E-state index in [1.54, 1.807) is 0 Å². The van der Waals surface area contributed by atoms with Crippen LogP contribution in [0.15, 0.2) is 47.4 Å². The maximum Gasteiger partial charge on any atom is 0.289 e. The molecule has 1 N–H and O–H groups in total. The number of rotatable bonds is 4. The normalized spacial score (nSPS) is 17.3. The van der Waals surface area contributed by atoms with Crippen molar-refractivity contribution in [3.05, 3.63) is 68.7 Å². The van der Waals surface area contributed by atoms with E-state index in [0.717, 1.165) is 30.0 Å². The number of halogens is 1. The Balaban J connectivity index is 1.93. The van der Waals surface area contributed by atoms with Crippen molar-refractivity contribution in [2.45, 2.75) is 30.2 Å². The molecule has 0 unspecified atom stereocenters. The van der Waals surface area contributed by atoms with E-state index in [9.17, 15) is 18.5 Å². The second kappa shape index (κ2) is 6.51. The Labute approximate surface area is 144 Å². The molecular weight excluding hydrogens is 352 g/mol.